The van der Waals surface area contributed by atoms with Crippen LogP contribution in [0.15, 0.2) is 41.2 Å². The molecule has 1 atom stereocenters. The maximum Gasteiger partial charge on any atom is 0.271 e. The number of benzene rings is 1. The Balaban J connectivity index is 2.07. The van der Waals surface area contributed by atoms with Gasteiger partial charge in [0.1, 0.15) is 17.1 Å². The molecule has 0 aliphatic rings. The van der Waals surface area contributed by atoms with E-state index in [9.17, 15) is 19.1 Å². The van der Waals surface area contributed by atoms with Crippen molar-refractivity contribution >= 4 is 5.91 Å². The van der Waals surface area contributed by atoms with Crippen molar-refractivity contribution in [2.75, 3.05) is 6.54 Å². The van der Waals surface area contributed by atoms with Crippen molar-refractivity contribution in [1.29, 1.82) is 0 Å². The number of hydrogen-bond donors (Lipinski definition) is 2. The first kappa shape index (κ1) is 15.8. The minimum Gasteiger partial charge on any atom is -0.384 e. The number of aliphatic hydroxyl groups is 1. The van der Waals surface area contributed by atoms with Crippen molar-refractivity contribution in [2.45, 2.75) is 12.5 Å². The molecule has 1 aromatic carbocycles. The lowest BCUT2D eigenvalue weighted by Crippen LogP contribution is -2.39. The Kier molecular flexibility index (Phi) is 4.37. The van der Waals surface area contributed by atoms with Crippen LogP contribution >= 0.6 is 0 Å². The number of aromatic nitrogens is 2. The number of hydrogen-bond acceptors (Lipinski definition) is 4. The van der Waals surface area contributed by atoms with E-state index in [0.717, 1.165) is 4.68 Å². The lowest BCUT2D eigenvalue weighted by atomic mass is 9.96. The standard InChI is InChI=1S/C15H16FN3O3/c1-15(22,10-3-5-11(16)6-4-10)9-17-14(21)12-7-8-13(20)19(2)18-12/h3-8,22H,9H2,1-2H3,(H,17,21). The van der Waals surface area contributed by atoms with E-state index >= 15 is 0 Å². The van der Waals surface area contributed by atoms with E-state index in [1.54, 1.807) is 0 Å². The van der Waals surface area contributed by atoms with E-state index in [1.165, 1.54) is 50.4 Å². The Hall–Kier alpha value is -2.54. The molecule has 1 unspecified atom stereocenters. The van der Waals surface area contributed by atoms with Crippen molar-refractivity contribution in [3.8, 4) is 0 Å². The van der Waals surface area contributed by atoms with E-state index in [-0.39, 0.29) is 17.8 Å². The summed E-state index contributed by atoms with van der Waals surface area (Å²) in [6, 6.07) is 7.92. The Morgan fingerprint density at radius 3 is 2.55 bits per heavy atom. The predicted molar refractivity (Wildman–Crippen MR) is 77.8 cm³/mol. The summed E-state index contributed by atoms with van der Waals surface area (Å²) >= 11 is 0. The van der Waals surface area contributed by atoms with Gasteiger partial charge in [0.05, 0.1) is 6.54 Å². The topological polar surface area (TPSA) is 84.2 Å². The van der Waals surface area contributed by atoms with Gasteiger partial charge in [-0.15, -0.1) is 0 Å². The Morgan fingerprint density at radius 1 is 1.32 bits per heavy atom. The average molecular weight is 305 g/mol. The largest absolute Gasteiger partial charge is 0.384 e. The van der Waals surface area contributed by atoms with Crippen LogP contribution in [0.3, 0.4) is 0 Å². The van der Waals surface area contributed by atoms with E-state index in [2.05, 4.69) is 10.4 Å². The van der Waals surface area contributed by atoms with E-state index < -0.39 is 17.3 Å². The second-order valence-corrected chi connectivity index (χ2v) is 5.14. The van der Waals surface area contributed by atoms with Crippen LogP contribution < -0.4 is 10.9 Å². The molecule has 1 amide bonds. The summed E-state index contributed by atoms with van der Waals surface area (Å²) in [5, 5.41) is 16.7. The average Bonchev–Trinajstić information content (AvgIpc) is 2.48. The van der Waals surface area contributed by atoms with Gasteiger partial charge in [0.15, 0.2) is 0 Å². The van der Waals surface area contributed by atoms with Crippen LogP contribution in [-0.4, -0.2) is 27.3 Å². The van der Waals surface area contributed by atoms with Gasteiger partial charge in [0.25, 0.3) is 11.5 Å². The maximum atomic E-state index is 12.9. The molecule has 1 aromatic heterocycles. The maximum absolute atomic E-state index is 12.9. The molecule has 6 nitrogen and oxygen atoms in total. The number of nitrogens with one attached hydrogen (secondary N) is 1. The molecule has 0 aliphatic heterocycles. The molecule has 1 heterocycles. The monoisotopic (exact) mass is 305 g/mol. The van der Waals surface area contributed by atoms with Crippen LogP contribution in [0.5, 0.6) is 0 Å². The lowest BCUT2D eigenvalue weighted by molar-refractivity contribution is 0.0524. The number of halogens is 1. The molecule has 0 spiro atoms. The van der Waals surface area contributed by atoms with Crippen LogP contribution in [0.1, 0.15) is 23.0 Å². The summed E-state index contributed by atoms with van der Waals surface area (Å²) in [6.45, 7) is 1.43. The smallest absolute Gasteiger partial charge is 0.271 e. The van der Waals surface area contributed by atoms with Gasteiger partial charge in [-0.05, 0) is 30.7 Å². The van der Waals surface area contributed by atoms with Crippen LogP contribution in [0.2, 0.25) is 0 Å². The van der Waals surface area contributed by atoms with Crippen LogP contribution in [0.25, 0.3) is 0 Å². The zero-order valence-electron chi connectivity index (χ0n) is 12.2. The lowest BCUT2D eigenvalue weighted by Gasteiger charge is -2.24. The number of carbonyl (C=O) groups excluding carboxylic acids is 1. The number of rotatable bonds is 4. The fraction of sp³-hybridized carbons (Fsp3) is 0.267. The van der Waals surface area contributed by atoms with Crippen molar-refractivity contribution in [3.63, 3.8) is 0 Å². The fourth-order valence-corrected chi connectivity index (χ4v) is 1.88. The summed E-state index contributed by atoms with van der Waals surface area (Å²) in [5.41, 5.74) is -1.14. The highest BCUT2D eigenvalue weighted by Crippen LogP contribution is 2.19. The molecule has 0 fully saturated rings. The van der Waals surface area contributed by atoms with Gasteiger partial charge in [0.2, 0.25) is 0 Å². The Bertz CT molecular complexity index is 738. The summed E-state index contributed by atoms with van der Waals surface area (Å²) in [7, 11) is 1.44. The Labute approximate surface area is 126 Å². The van der Waals surface area contributed by atoms with E-state index in [0.29, 0.717) is 5.56 Å². The summed E-state index contributed by atoms with van der Waals surface area (Å²) < 4.78 is 13.9. The molecule has 0 bridgehead atoms. The number of aryl methyl sites for hydroxylation is 1. The molecule has 22 heavy (non-hydrogen) atoms. The van der Waals surface area contributed by atoms with Crippen LogP contribution in [0.4, 0.5) is 4.39 Å². The Morgan fingerprint density at radius 2 is 1.95 bits per heavy atom. The normalized spacial score (nSPS) is 13.5. The highest BCUT2D eigenvalue weighted by molar-refractivity contribution is 5.92. The molecule has 0 saturated carbocycles. The third kappa shape index (κ3) is 3.56. The third-order valence-electron chi connectivity index (χ3n) is 3.25. The van der Waals surface area contributed by atoms with Gasteiger partial charge in [-0.1, -0.05) is 12.1 Å². The highest BCUT2D eigenvalue weighted by atomic mass is 19.1. The first-order valence-electron chi connectivity index (χ1n) is 6.60. The third-order valence-corrected chi connectivity index (χ3v) is 3.25. The second kappa shape index (κ2) is 6.07. The number of carbonyl (C=O) groups is 1. The first-order chi connectivity index (χ1) is 10.3. The molecule has 0 saturated heterocycles. The molecule has 7 heteroatoms. The van der Waals surface area contributed by atoms with Crippen molar-refractivity contribution < 1.29 is 14.3 Å². The van der Waals surface area contributed by atoms with Gasteiger partial charge in [-0.2, -0.15) is 5.10 Å². The van der Waals surface area contributed by atoms with Gasteiger partial charge in [0, 0.05) is 13.1 Å². The zero-order chi connectivity index (χ0) is 16.3. The predicted octanol–water partition coefficient (Wildman–Crippen LogP) is 0.557. The van der Waals surface area contributed by atoms with E-state index in [1.807, 2.05) is 0 Å². The summed E-state index contributed by atoms with van der Waals surface area (Å²) in [5.74, 6) is -0.920. The molecule has 0 aliphatic carbocycles. The van der Waals surface area contributed by atoms with Crippen LogP contribution in [0, 0.1) is 5.82 Å². The van der Waals surface area contributed by atoms with Crippen LogP contribution in [-0.2, 0) is 12.6 Å². The van der Waals surface area contributed by atoms with Gasteiger partial charge >= 0.3 is 0 Å². The molecular formula is C15H16FN3O3. The SMILES string of the molecule is Cn1nc(C(=O)NCC(C)(O)c2ccc(F)cc2)ccc1=O. The molecular weight excluding hydrogens is 289 g/mol. The molecule has 0 radical (unpaired) electrons. The second-order valence-electron chi connectivity index (χ2n) is 5.14. The van der Waals surface area contributed by atoms with Gasteiger partial charge in [-0.3, -0.25) is 9.59 Å². The number of amides is 1. The minimum absolute atomic E-state index is 0.0667. The highest BCUT2D eigenvalue weighted by Gasteiger charge is 2.24. The van der Waals surface area contributed by atoms with Crippen molar-refractivity contribution in [3.05, 3.63) is 63.8 Å². The van der Waals surface area contributed by atoms with Crippen molar-refractivity contribution in [2.24, 2.45) is 7.05 Å². The fourth-order valence-electron chi connectivity index (χ4n) is 1.88. The van der Waals surface area contributed by atoms with E-state index in [4.69, 9.17) is 0 Å². The molecule has 2 N–H and O–H groups in total. The zero-order valence-corrected chi connectivity index (χ0v) is 12.2. The number of nitrogens with zero attached hydrogens (tertiary/aromatic N) is 2. The van der Waals surface area contributed by atoms with Gasteiger partial charge < -0.3 is 10.4 Å². The molecule has 2 rings (SSSR count). The summed E-state index contributed by atoms with van der Waals surface area (Å²) in [4.78, 5) is 23.2. The molecule has 116 valence electrons. The van der Waals surface area contributed by atoms with Crippen molar-refractivity contribution in [1.82, 2.24) is 15.1 Å². The quantitative estimate of drug-likeness (QED) is 0.864. The first-order valence-corrected chi connectivity index (χ1v) is 6.60. The van der Waals surface area contributed by atoms with Gasteiger partial charge in [-0.25, -0.2) is 9.07 Å². The molecule has 2 aromatic rings. The summed E-state index contributed by atoms with van der Waals surface area (Å²) in [6.07, 6.45) is 0. The minimum atomic E-state index is -1.36.